The van der Waals surface area contributed by atoms with Crippen LogP contribution in [0.5, 0.6) is 0 Å². The maximum atomic E-state index is 10.5. The standard InChI is InChI=1S/C10H12N2O4/c1-10(2,11-9(13)14)7-3-5-8(6-4-7)12(15)16/h3-6,11H,1-2H3,(H,13,14). The van der Waals surface area contributed by atoms with Crippen molar-refractivity contribution in [2.75, 3.05) is 0 Å². The van der Waals surface area contributed by atoms with Crippen molar-refractivity contribution in [2.24, 2.45) is 0 Å². The average Bonchev–Trinajstić information content (AvgIpc) is 2.16. The van der Waals surface area contributed by atoms with Gasteiger partial charge in [0.1, 0.15) is 0 Å². The van der Waals surface area contributed by atoms with Crippen LogP contribution in [-0.4, -0.2) is 16.1 Å². The van der Waals surface area contributed by atoms with Gasteiger partial charge in [-0.25, -0.2) is 4.79 Å². The Morgan fingerprint density at radius 1 is 1.38 bits per heavy atom. The van der Waals surface area contributed by atoms with Crippen LogP contribution in [0.15, 0.2) is 24.3 Å². The summed E-state index contributed by atoms with van der Waals surface area (Å²) >= 11 is 0. The Kier molecular flexibility index (Phi) is 3.12. The Balaban J connectivity index is 2.96. The molecule has 0 saturated carbocycles. The Labute approximate surface area is 92.0 Å². The summed E-state index contributed by atoms with van der Waals surface area (Å²) in [5.74, 6) is 0. The van der Waals surface area contributed by atoms with E-state index in [9.17, 15) is 14.9 Å². The third kappa shape index (κ3) is 2.69. The van der Waals surface area contributed by atoms with Crippen molar-refractivity contribution in [3.63, 3.8) is 0 Å². The monoisotopic (exact) mass is 224 g/mol. The minimum Gasteiger partial charge on any atom is -0.465 e. The van der Waals surface area contributed by atoms with Crippen molar-refractivity contribution in [1.82, 2.24) is 5.32 Å². The van der Waals surface area contributed by atoms with E-state index in [0.717, 1.165) is 0 Å². The van der Waals surface area contributed by atoms with Crippen LogP contribution in [0.2, 0.25) is 0 Å². The Morgan fingerprint density at radius 2 is 1.88 bits per heavy atom. The first kappa shape index (κ1) is 12.0. The minimum absolute atomic E-state index is 0.0186. The number of carbonyl (C=O) groups is 1. The summed E-state index contributed by atoms with van der Waals surface area (Å²) < 4.78 is 0. The smallest absolute Gasteiger partial charge is 0.405 e. The van der Waals surface area contributed by atoms with Crippen LogP contribution in [0.1, 0.15) is 19.4 Å². The highest BCUT2D eigenvalue weighted by Gasteiger charge is 2.23. The second-order valence-electron chi connectivity index (χ2n) is 3.86. The van der Waals surface area contributed by atoms with E-state index in [-0.39, 0.29) is 5.69 Å². The molecule has 0 radical (unpaired) electrons. The predicted molar refractivity (Wildman–Crippen MR) is 57.3 cm³/mol. The maximum Gasteiger partial charge on any atom is 0.405 e. The number of nitrogens with zero attached hydrogens (tertiary/aromatic N) is 1. The van der Waals surface area contributed by atoms with Crippen molar-refractivity contribution in [3.05, 3.63) is 39.9 Å². The molecule has 1 amide bonds. The lowest BCUT2D eigenvalue weighted by atomic mass is 9.94. The number of non-ortho nitro benzene ring substituents is 1. The van der Waals surface area contributed by atoms with Crippen molar-refractivity contribution < 1.29 is 14.8 Å². The van der Waals surface area contributed by atoms with Gasteiger partial charge in [-0.1, -0.05) is 0 Å². The van der Waals surface area contributed by atoms with Gasteiger partial charge in [0.2, 0.25) is 0 Å². The number of hydrogen-bond donors (Lipinski definition) is 2. The number of benzene rings is 1. The Hall–Kier alpha value is -2.11. The van der Waals surface area contributed by atoms with Crippen LogP contribution in [0.4, 0.5) is 10.5 Å². The normalized spacial score (nSPS) is 10.9. The third-order valence-corrected chi connectivity index (χ3v) is 2.22. The van der Waals surface area contributed by atoms with E-state index >= 15 is 0 Å². The van der Waals surface area contributed by atoms with Crippen LogP contribution >= 0.6 is 0 Å². The molecule has 0 spiro atoms. The molecule has 0 aliphatic rings. The van der Waals surface area contributed by atoms with Gasteiger partial charge in [-0.05, 0) is 31.5 Å². The van der Waals surface area contributed by atoms with Gasteiger partial charge in [-0.2, -0.15) is 0 Å². The molecule has 6 nitrogen and oxygen atoms in total. The molecular weight excluding hydrogens is 212 g/mol. The first-order valence-electron chi connectivity index (χ1n) is 4.59. The number of nitro groups is 1. The number of hydrogen-bond acceptors (Lipinski definition) is 3. The summed E-state index contributed by atoms with van der Waals surface area (Å²) in [7, 11) is 0. The van der Waals surface area contributed by atoms with Crippen molar-refractivity contribution in [1.29, 1.82) is 0 Å². The molecule has 0 heterocycles. The molecule has 0 fully saturated rings. The summed E-state index contributed by atoms with van der Waals surface area (Å²) in [6.45, 7) is 3.37. The number of rotatable bonds is 3. The number of nitro benzene ring substituents is 1. The average molecular weight is 224 g/mol. The highest BCUT2D eigenvalue weighted by Crippen LogP contribution is 2.22. The lowest BCUT2D eigenvalue weighted by Crippen LogP contribution is -2.39. The molecule has 0 aliphatic heterocycles. The number of carboxylic acid groups (broad SMARTS) is 1. The molecule has 6 heteroatoms. The molecule has 0 unspecified atom stereocenters. The fourth-order valence-electron chi connectivity index (χ4n) is 1.34. The molecule has 2 N–H and O–H groups in total. The van der Waals surface area contributed by atoms with Gasteiger partial charge in [-0.15, -0.1) is 0 Å². The third-order valence-electron chi connectivity index (χ3n) is 2.22. The Bertz CT molecular complexity index is 411. The summed E-state index contributed by atoms with van der Waals surface area (Å²) in [6, 6.07) is 5.77. The van der Waals surface area contributed by atoms with E-state index in [1.807, 2.05) is 0 Å². The topological polar surface area (TPSA) is 92.5 Å². The zero-order valence-corrected chi connectivity index (χ0v) is 8.93. The van der Waals surface area contributed by atoms with E-state index in [0.29, 0.717) is 5.56 Å². The van der Waals surface area contributed by atoms with Crippen LogP contribution in [0, 0.1) is 10.1 Å². The van der Waals surface area contributed by atoms with Crippen molar-refractivity contribution >= 4 is 11.8 Å². The minimum atomic E-state index is -1.14. The zero-order valence-electron chi connectivity index (χ0n) is 8.93. The van der Waals surface area contributed by atoms with E-state index in [4.69, 9.17) is 5.11 Å². The highest BCUT2D eigenvalue weighted by atomic mass is 16.6. The van der Waals surface area contributed by atoms with Gasteiger partial charge < -0.3 is 10.4 Å². The molecule has 1 aromatic carbocycles. The van der Waals surface area contributed by atoms with E-state index in [2.05, 4.69) is 5.32 Å². The molecule has 16 heavy (non-hydrogen) atoms. The second kappa shape index (κ2) is 4.18. The molecule has 1 rings (SSSR count). The summed E-state index contributed by atoms with van der Waals surface area (Å²) in [5, 5.41) is 21.4. The largest absolute Gasteiger partial charge is 0.465 e. The van der Waals surface area contributed by atoms with Crippen LogP contribution in [0.25, 0.3) is 0 Å². The van der Waals surface area contributed by atoms with Crippen molar-refractivity contribution in [3.8, 4) is 0 Å². The number of amides is 1. The summed E-state index contributed by atoms with van der Waals surface area (Å²) in [5.41, 5.74) is -0.128. The van der Waals surface area contributed by atoms with E-state index < -0.39 is 16.6 Å². The molecule has 0 atom stereocenters. The lowest BCUT2D eigenvalue weighted by Gasteiger charge is -2.24. The first-order valence-corrected chi connectivity index (χ1v) is 4.59. The SMILES string of the molecule is CC(C)(NC(=O)O)c1ccc([N+](=O)[O-])cc1. The molecule has 0 saturated heterocycles. The van der Waals surface area contributed by atoms with Crippen molar-refractivity contribution in [2.45, 2.75) is 19.4 Å². The predicted octanol–water partition coefficient (Wildman–Crippen LogP) is 2.10. The van der Waals surface area contributed by atoms with E-state index in [1.165, 1.54) is 24.3 Å². The van der Waals surface area contributed by atoms with Gasteiger partial charge in [0.15, 0.2) is 0 Å². The molecule has 0 aliphatic carbocycles. The Morgan fingerprint density at radius 3 is 2.25 bits per heavy atom. The molecule has 0 aromatic heterocycles. The van der Waals surface area contributed by atoms with Gasteiger partial charge in [-0.3, -0.25) is 10.1 Å². The number of nitrogens with one attached hydrogen (secondary N) is 1. The second-order valence-corrected chi connectivity index (χ2v) is 3.86. The molecule has 86 valence electrons. The van der Waals surface area contributed by atoms with Gasteiger partial charge in [0, 0.05) is 12.1 Å². The zero-order chi connectivity index (χ0) is 12.3. The summed E-state index contributed by atoms with van der Waals surface area (Å²) in [4.78, 5) is 20.5. The highest BCUT2D eigenvalue weighted by molar-refractivity contribution is 5.66. The van der Waals surface area contributed by atoms with Crippen LogP contribution in [-0.2, 0) is 5.54 Å². The molecule has 0 bridgehead atoms. The van der Waals surface area contributed by atoms with E-state index in [1.54, 1.807) is 13.8 Å². The van der Waals surface area contributed by atoms with Gasteiger partial charge in [0.25, 0.3) is 5.69 Å². The first-order chi connectivity index (χ1) is 7.33. The van der Waals surface area contributed by atoms with Gasteiger partial charge in [0.05, 0.1) is 10.5 Å². The molecular formula is C10H12N2O4. The van der Waals surface area contributed by atoms with Crippen LogP contribution in [0.3, 0.4) is 0 Å². The van der Waals surface area contributed by atoms with Gasteiger partial charge >= 0.3 is 6.09 Å². The molecule has 1 aromatic rings. The van der Waals surface area contributed by atoms with Crippen LogP contribution < -0.4 is 5.32 Å². The fourth-order valence-corrected chi connectivity index (χ4v) is 1.34. The maximum absolute atomic E-state index is 10.5. The fraction of sp³-hybridized carbons (Fsp3) is 0.300. The lowest BCUT2D eigenvalue weighted by molar-refractivity contribution is -0.384. The summed E-state index contributed by atoms with van der Waals surface area (Å²) in [6.07, 6.45) is -1.14. The quantitative estimate of drug-likeness (QED) is 0.607.